The van der Waals surface area contributed by atoms with Gasteiger partial charge in [-0.2, -0.15) is 5.10 Å². The molecule has 0 aliphatic rings. The van der Waals surface area contributed by atoms with Crippen LogP contribution in [0.3, 0.4) is 0 Å². The molecular formula is C13H18ClN3O2. The molecule has 5 nitrogen and oxygen atoms in total. The third-order valence-electron chi connectivity index (χ3n) is 2.83. The monoisotopic (exact) mass is 283 g/mol. The summed E-state index contributed by atoms with van der Waals surface area (Å²) in [5, 5.41) is 17.0. The zero-order valence-corrected chi connectivity index (χ0v) is 12.0. The Morgan fingerprint density at radius 3 is 2.68 bits per heavy atom. The van der Waals surface area contributed by atoms with Gasteiger partial charge < -0.3 is 15.2 Å². The molecule has 0 amide bonds. The number of aryl methyl sites for hydroxylation is 2. The number of rotatable bonds is 4. The van der Waals surface area contributed by atoms with Crippen LogP contribution < -0.4 is 10.1 Å². The number of aromatic nitrogens is 2. The number of methoxy groups -OCH3 is 1. The van der Waals surface area contributed by atoms with Crippen molar-refractivity contribution in [2.24, 2.45) is 7.05 Å². The summed E-state index contributed by atoms with van der Waals surface area (Å²) >= 11 is 0. The van der Waals surface area contributed by atoms with Crippen LogP contribution in [-0.2, 0) is 13.6 Å². The second-order valence-electron chi connectivity index (χ2n) is 4.15. The number of phenolic OH excluding ortho intramolecular Hbond substituents is 1. The van der Waals surface area contributed by atoms with Gasteiger partial charge in [0.15, 0.2) is 11.5 Å². The molecule has 2 aromatic rings. The predicted molar refractivity (Wildman–Crippen MR) is 77.2 cm³/mol. The summed E-state index contributed by atoms with van der Waals surface area (Å²) < 4.78 is 6.88. The van der Waals surface area contributed by atoms with E-state index in [1.807, 2.05) is 30.8 Å². The molecule has 0 aliphatic carbocycles. The standard InChI is InChI=1S/C13H17N3O2.ClH/c1-9-6-13(15-16(9)2)14-8-10-4-5-11(17)12(7-10)18-3;/h4-7,17H,8H2,1-3H3,(H,14,15);1H. The normalized spacial score (nSPS) is 9.84. The number of ether oxygens (including phenoxy) is 1. The van der Waals surface area contributed by atoms with Crippen molar-refractivity contribution in [3.05, 3.63) is 35.5 Å². The van der Waals surface area contributed by atoms with Gasteiger partial charge >= 0.3 is 0 Å². The van der Waals surface area contributed by atoms with Crippen LogP contribution in [0, 0.1) is 6.92 Å². The van der Waals surface area contributed by atoms with Crippen molar-refractivity contribution in [1.82, 2.24) is 9.78 Å². The fourth-order valence-electron chi connectivity index (χ4n) is 1.67. The van der Waals surface area contributed by atoms with Gasteiger partial charge in [0.2, 0.25) is 0 Å². The summed E-state index contributed by atoms with van der Waals surface area (Å²) in [4.78, 5) is 0. The predicted octanol–water partition coefficient (Wildman–Crippen LogP) is 2.48. The van der Waals surface area contributed by atoms with Crippen molar-refractivity contribution in [3.63, 3.8) is 0 Å². The number of benzene rings is 1. The highest BCUT2D eigenvalue weighted by Gasteiger charge is 2.04. The number of halogens is 1. The lowest BCUT2D eigenvalue weighted by Gasteiger charge is -2.07. The molecule has 1 aromatic carbocycles. The molecule has 104 valence electrons. The Kier molecular flexibility index (Phi) is 5.06. The third kappa shape index (κ3) is 3.54. The summed E-state index contributed by atoms with van der Waals surface area (Å²) in [5.41, 5.74) is 2.12. The highest BCUT2D eigenvalue weighted by Crippen LogP contribution is 2.26. The first-order valence-corrected chi connectivity index (χ1v) is 5.70. The van der Waals surface area contributed by atoms with E-state index in [1.54, 1.807) is 12.1 Å². The quantitative estimate of drug-likeness (QED) is 0.905. The van der Waals surface area contributed by atoms with Crippen molar-refractivity contribution in [3.8, 4) is 11.5 Å². The number of aromatic hydroxyl groups is 1. The Morgan fingerprint density at radius 1 is 1.37 bits per heavy atom. The summed E-state index contributed by atoms with van der Waals surface area (Å²) in [6, 6.07) is 7.26. The van der Waals surface area contributed by atoms with Gasteiger partial charge in [-0.25, -0.2) is 0 Å². The summed E-state index contributed by atoms with van der Waals surface area (Å²) in [6.45, 7) is 2.63. The van der Waals surface area contributed by atoms with Crippen LogP contribution >= 0.6 is 12.4 Å². The van der Waals surface area contributed by atoms with Gasteiger partial charge in [-0.15, -0.1) is 12.4 Å². The smallest absolute Gasteiger partial charge is 0.160 e. The zero-order valence-electron chi connectivity index (χ0n) is 11.2. The lowest BCUT2D eigenvalue weighted by atomic mass is 10.2. The molecule has 0 atom stereocenters. The fourth-order valence-corrected chi connectivity index (χ4v) is 1.67. The Labute approximate surface area is 118 Å². The minimum atomic E-state index is 0. The topological polar surface area (TPSA) is 59.3 Å². The van der Waals surface area contributed by atoms with Crippen molar-refractivity contribution in [2.75, 3.05) is 12.4 Å². The minimum Gasteiger partial charge on any atom is -0.504 e. The van der Waals surface area contributed by atoms with Gasteiger partial charge in [-0.05, 0) is 24.6 Å². The molecule has 0 unspecified atom stereocenters. The maximum atomic E-state index is 9.50. The number of nitrogens with zero attached hydrogens (tertiary/aromatic N) is 2. The maximum Gasteiger partial charge on any atom is 0.160 e. The summed E-state index contributed by atoms with van der Waals surface area (Å²) in [5.74, 6) is 1.46. The van der Waals surface area contributed by atoms with Gasteiger partial charge in [0.25, 0.3) is 0 Å². The molecule has 6 heteroatoms. The molecule has 0 radical (unpaired) electrons. The van der Waals surface area contributed by atoms with E-state index in [0.717, 1.165) is 17.1 Å². The number of hydrogen-bond acceptors (Lipinski definition) is 4. The van der Waals surface area contributed by atoms with Gasteiger partial charge in [0.05, 0.1) is 7.11 Å². The van der Waals surface area contributed by atoms with Gasteiger partial charge in [0.1, 0.15) is 5.82 Å². The number of anilines is 1. The summed E-state index contributed by atoms with van der Waals surface area (Å²) in [7, 11) is 3.44. The molecule has 19 heavy (non-hydrogen) atoms. The van der Waals surface area contributed by atoms with E-state index >= 15 is 0 Å². The van der Waals surface area contributed by atoms with E-state index in [1.165, 1.54) is 7.11 Å². The van der Waals surface area contributed by atoms with Crippen LogP contribution in [0.15, 0.2) is 24.3 Å². The van der Waals surface area contributed by atoms with Crippen molar-refractivity contribution >= 4 is 18.2 Å². The molecule has 0 fully saturated rings. The highest BCUT2D eigenvalue weighted by atomic mass is 35.5. The van der Waals surface area contributed by atoms with Gasteiger partial charge in [-0.1, -0.05) is 6.07 Å². The molecule has 2 rings (SSSR count). The Bertz CT molecular complexity index is 535. The second-order valence-corrected chi connectivity index (χ2v) is 4.15. The molecule has 1 heterocycles. The molecule has 0 bridgehead atoms. The number of nitrogens with one attached hydrogen (secondary N) is 1. The van der Waals surface area contributed by atoms with E-state index in [9.17, 15) is 5.11 Å². The molecule has 1 aromatic heterocycles. The Morgan fingerprint density at radius 2 is 2.11 bits per heavy atom. The highest BCUT2D eigenvalue weighted by molar-refractivity contribution is 5.85. The minimum absolute atomic E-state index is 0. The third-order valence-corrected chi connectivity index (χ3v) is 2.83. The first-order chi connectivity index (χ1) is 8.60. The Balaban J connectivity index is 0.00000180. The maximum absolute atomic E-state index is 9.50. The van der Waals surface area contributed by atoms with Crippen molar-refractivity contribution in [1.29, 1.82) is 0 Å². The van der Waals surface area contributed by atoms with E-state index in [-0.39, 0.29) is 18.2 Å². The SMILES string of the molecule is COc1cc(CNc2cc(C)n(C)n2)ccc1O.Cl. The van der Waals surface area contributed by atoms with Crippen LogP contribution in [0.1, 0.15) is 11.3 Å². The van der Waals surface area contributed by atoms with E-state index in [4.69, 9.17) is 4.74 Å². The first kappa shape index (κ1) is 15.2. The van der Waals surface area contributed by atoms with E-state index in [0.29, 0.717) is 12.3 Å². The van der Waals surface area contributed by atoms with Crippen LogP contribution in [0.4, 0.5) is 5.82 Å². The van der Waals surface area contributed by atoms with Crippen molar-refractivity contribution in [2.45, 2.75) is 13.5 Å². The lowest BCUT2D eigenvalue weighted by Crippen LogP contribution is -2.01. The van der Waals surface area contributed by atoms with Gasteiger partial charge in [-0.3, -0.25) is 4.68 Å². The molecule has 0 saturated carbocycles. The molecule has 2 N–H and O–H groups in total. The molecule has 0 spiro atoms. The van der Waals surface area contributed by atoms with Gasteiger partial charge in [0, 0.05) is 25.4 Å². The van der Waals surface area contributed by atoms with Crippen LogP contribution in [0.2, 0.25) is 0 Å². The van der Waals surface area contributed by atoms with Crippen LogP contribution in [-0.4, -0.2) is 22.0 Å². The first-order valence-electron chi connectivity index (χ1n) is 5.70. The van der Waals surface area contributed by atoms with Crippen LogP contribution in [0.25, 0.3) is 0 Å². The van der Waals surface area contributed by atoms with Crippen LogP contribution in [0.5, 0.6) is 11.5 Å². The summed E-state index contributed by atoms with van der Waals surface area (Å²) in [6.07, 6.45) is 0. The fraction of sp³-hybridized carbons (Fsp3) is 0.308. The number of hydrogen-bond donors (Lipinski definition) is 2. The molecule has 0 aliphatic heterocycles. The second kappa shape index (κ2) is 6.33. The lowest BCUT2D eigenvalue weighted by molar-refractivity contribution is 0.373. The van der Waals surface area contributed by atoms with Crippen molar-refractivity contribution < 1.29 is 9.84 Å². The van der Waals surface area contributed by atoms with E-state index < -0.39 is 0 Å². The average Bonchev–Trinajstić information content (AvgIpc) is 2.68. The largest absolute Gasteiger partial charge is 0.504 e. The molecule has 0 saturated heterocycles. The Hall–Kier alpha value is -1.88. The van der Waals surface area contributed by atoms with E-state index in [2.05, 4.69) is 10.4 Å². The average molecular weight is 284 g/mol. The molecular weight excluding hydrogens is 266 g/mol. The number of phenols is 1. The zero-order chi connectivity index (χ0) is 13.1.